The largest absolute Gasteiger partial charge is 0.481 e. The molecule has 0 atom stereocenters. The molecule has 0 rings (SSSR count). The van der Waals surface area contributed by atoms with E-state index in [0.717, 1.165) is 0 Å². The highest BCUT2D eigenvalue weighted by Gasteiger charge is 1.99. The van der Waals surface area contributed by atoms with Crippen molar-refractivity contribution >= 4 is 11.9 Å². The molecule has 0 aromatic carbocycles. The first-order chi connectivity index (χ1) is 6.95. The number of hydrogen-bond acceptors (Lipinski definition) is 4. The molecular weight excluding hydrogens is 200 g/mol. The summed E-state index contributed by atoms with van der Waals surface area (Å²) >= 11 is 0. The Morgan fingerprint density at radius 1 is 0.867 bits per heavy atom. The average Bonchev–Trinajstić information content (AvgIpc) is 2.05. The van der Waals surface area contributed by atoms with E-state index >= 15 is 0 Å². The first kappa shape index (κ1) is 19.4. The average molecular weight is 222 g/mol. The zero-order chi connectivity index (χ0) is 12.7. The molecule has 0 saturated heterocycles. The van der Waals surface area contributed by atoms with Crippen molar-refractivity contribution in [3.8, 4) is 0 Å². The summed E-state index contributed by atoms with van der Waals surface area (Å²) in [6.07, 6.45) is 0.0866. The van der Waals surface area contributed by atoms with Crippen molar-refractivity contribution in [1.82, 2.24) is 10.6 Å². The molecule has 0 bridgehead atoms. The van der Waals surface area contributed by atoms with Crippen molar-refractivity contribution in [2.24, 2.45) is 0 Å². The number of aliphatic carboxylic acids is 2. The van der Waals surface area contributed by atoms with Crippen molar-refractivity contribution in [1.29, 1.82) is 0 Å². The fourth-order valence-electron chi connectivity index (χ4n) is 0.391. The molecule has 0 unspecified atom stereocenters. The SMILES string of the molecule is CNC.CNC.O=C(O)CCCC(=O)O. The highest BCUT2D eigenvalue weighted by Crippen LogP contribution is 1.93. The Morgan fingerprint density at radius 3 is 1.20 bits per heavy atom. The summed E-state index contributed by atoms with van der Waals surface area (Å²) in [4.78, 5) is 19.6. The predicted molar refractivity (Wildman–Crippen MR) is 59.1 cm³/mol. The highest BCUT2D eigenvalue weighted by atomic mass is 16.4. The van der Waals surface area contributed by atoms with Gasteiger partial charge in [-0.15, -0.1) is 0 Å². The molecule has 0 aromatic rings. The van der Waals surface area contributed by atoms with Gasteiger partial charge >= 0.3 is 11.9 Å². The van der Waals surface area contributed by atoms with Crippen molar-refractivity contribution in [2.45, 2.75) is 19.3 Å². The third-order valence-electron chi connectivity index (χ3n) is 0.781. The molecule has 4 N–H and O–H groups in total. The minimum Gasteiger partial charge on any atom is -0.481 e. The fourth-order valence-corrected chi connectivity index (χ4v) is 0.391. The van der Waals surface area contributed by atoms with Gasteiger partial charge in [-0.1, -0.05) is 0 Å². The number of nitrogens with one attached hydrogen (secondary N) is 2. The van der Waals surface area contributed by atoms with Gasteiger partial charge in [0.1, 0.15) is 0 Å². The third kappa shape index (κ3) is 64.2. The monoisotopic (exact) mass is 222 g/mol. The second-order valence-corrected chi connectivity index (χ2v) is 2.64. The Bertz CT molecular complexity index is 135. The maximum Gasteiger partial charge on any atom is 0.303 e. The van der Waals surface area contributed by atoms with Crippen LogP contribution in [0.15, 0.2) is 0 Å². The van der Waals surface area contributed by atoms with Crippen molar-refractivity contribution in [2.75, 3.05) is 28.2 Å². The summed E-state index contributed by atoms with van der Waals surface area (Å²) in [5.74, 6) is -1.90. The maximum atomic E-state index is 9.79. The van der Waals surface area contributed by atoms with Gasteiger partial charge in [-0.3, -0.25) is 9.59 Å². The van der Waals surface area contributed by atoms with Gasteiger partial charge in [0.25, 0.3) is 0 Å². The Hall–Kier alpha value is -1.14. The molecule has 6 nitrogen and oxygen atoms in total. The van der Waals surface area contributed by atoms with Gasteiger partial charge in [-0.05, 0) is 34.6 Å². The van der Waals surface area contributed by atoms with Crippen LogP contribution in [0.25, 0.3) is 0 Å². The lowest BCUT2D eigenvalue weighted by Crippen LogP contribution is -1.98. The summed E-state index contributed by atoms with van der Waals surface area (Å²) < 4.78 is 0. The van der Waals surface area contributed by atoms with E-state index in [2.05, 4.69) is 10.6 Å². The Balaban J connectivity index is -0.000000200. The van der Waals surface area contributed by atoms with E-state index in [0.29, 0.717) is 0 Å². The highest BCUT2D eigenvalue weighted by molar-refractivity contribution is 5.69. The van der Waals surface area contributed by atoms with Crippen LogP contribution in [0.1, 0.15) is 19.3 Å². The van der Waals surface area contributed by atoms with Crippen LogP contribution >= 0.6 is 0 Å². The molecule has 92 valence electrons. The lowest BCUT2D eigenvalue weighted by Gasteiger charge is -1.89. The quantitative estimate of drug-likeness (QED) is 0.534. The van der Waals surface area contributed by atoms with Crippen LogP contribution in [0.3, 0.4) is 0 Å². The second-order valence-electron chi connectivity index (χ2n) is 2.64. The van der Waals surface area contributed by atoms with Gasteiger partial charge in [-0.25, -0.2) is 0 Å². The summed E-state index contributed by atoms with van der Waals surface area (Å²) in [5.41, 5.74) is 0. The van der Waals surface area contributed by atoms with Crippen LogP contribution < -0.4 is 10.6 Å². The third-order valence-corrected chi connectivity index (χ3v) is 0.781. The van der Waals surface area contributed by atoms with E-state index in [9.17, 15) is 9.59 Å². The molecule has 6 heteroatoms. The molecule has 15 heavy (non-hydrogen) atoms. The van der Waals surface area contributed by atoms with E-state index in [4.69, 9.17) is 10.2 Å². The standard InChI is InChI=1S/C5H8O4.2C2H7N/c6-4(7)2-1-3-5(8)9;2*1-3-2/h1-3H2,(H,6,7)(H,8,9);2*3H,1-2H3. The molecule has 0 aliphatic rings. The summed E-state index contributed by atoms with van der Waals surface area (Å²) in [5, 5.41) is 21.6. The van der Waals surface area contributed by atoms with Gasteiger partial charge in [0, 0.05) is 12.8 Å². The first-order valence-corrected chi connectivity index (χ1v) is 4.56. The minimum absolute atomic E-state index is 0.0632. The normalized spacial score (nSPS) is 7.73. The van der Waals surface area contributed by atoms with E-state index in [1.54, 1.807) is 0 Å². The molecular formula is C9H22N2O4. The van der Waals surface area contributed by atoms with Crippen molar-refractivity contribution in [3.63, 3.8) is 0 Å². The summed E-state index contributed by atoms with van der Waals surface area (Å²) in [6.45, 7) is 0. The molecule has 0 aliphatic carbocycles. The van der Waals surface area contributed by atoms with E-state index in [1.165, 1.54) is 0 Å². The Kier molecular flexibility index (Phi) is 24.1. The summed E-state index contributed by atoms with van der Waals surface area (Å²) in [7, 11) is 7.50. The molecule has 0 spiro atoms. The number of carboxylic acids is 2. The van der Waals surface area contributed by atoms with Gasteiger partial charge in [0.2, 0.25) is 0 Å². The van der Waals surface area contributed by atoms with Gasteiger partial charge in [-0.2, -0.15) is 0 Å². The maximum absolute atomic E-state index is 9.79. The zero-order valence-corrected chi connectivity index (χ0v) is 9.83. The van der Waals surface area contributed by atoms with E-state index < -0.39 is 11.9 Å². The predicted octanol–water partition coefficient (Wildman–Crippen LogP) is -0.00290. The molecule has 0 radical (unpaired) electrons. The fraction of sp³-hybridized carbons (Fsp3) is 0.778. The molecule has 0 aromatic heterocycles. The van der Waals surface area contributed by atoms with E-state index in [-0.39, 0.29) is 19.3 Å². The lowest BCUT2D eigenvalue weighted by atomic mass is 10.2. The number of carbonyl (C=O) groups is 2. The van der Waals surface area contributed by atoms with Crippen LogP contribution in [0, 0.1) is 0 Å². The second kappa shape index (κ2) is 18.6. The molecule has 0 amide bonds. The van der Waals surface area contributed by atoms with Gasteiger partial charge < -0.3 is 20.8 Å². The molecule has 0 aliphatic heterocycles. The van der Waals surface area contributed by atoms with Crippen molar-refractivity contribution in [3.05, 3.63) is 0 Å². The Labute approximate surface area is 90.7 Å². The summed E-state index contributed by atoms with van der Waals surface area (Å²) in [6, 6.07) is 0. The minimum atomic E-state index is -0.948. The first-order valence-electron chi connectivity index (χ1n) is 4.56. The number of hydrogen-bond donors (Lipinski definition) is 4. The van der Waals surface area contributed by atoms with Crippen molar-refractivity contribution < 1.29 is 19.8 Å². The van der Waals surface area contributed by atoms with Crippen LogP contribution in [0.4, 0.5) is 0 Å². The van der Waals surface area contributed by atoms with Crippen LogP contribution in [0.2, 0.25) is 0 Å². The smallest absolute Gasteiger partial charge is 0.303 e. The molecule has 0 fully saturated rings. The van der Waals surface area contributed by atoms with E-state index in [1.807, 2.05) is 28.2 Å². The number of rotatable bonds is 4. The zero-order valence-electron chi connectivity index (χ0n) is 9.83. The lowest BCUT2D eigenvalue weighted by molar-refractivity contribution is -0.138. The topological polar surface area (TPSA) is 98.7 Å². The number of carboxylic acid groups (broad SMARTS) is 2. The molecule has 0 saturated carbocycles. The van der Waals surface area contributed by atoms with Crippen LogP contribution in [-0.4, -0.2) is 50.3 Å². The van der Waals surface area contributed by atoms with Gasteiger partial charge in [0.15, 0.2) is 0 Å². The Morgan fingerprint density at radius 2 is 1.07 bits per heavy atom. The van der Waals surface area contributed by atoms with Crippen LogP contribution in [0.5, 0.6) is 0 Å². The molecule has 0 heterocycles. The van der Waals surface area contributed by atoms with Gasteiger partial charge in [0.05, 0.1) is 0 Å². The van der Waals surface area contributed by atoms with Crippen LogP contribution in [-0.2, 0) is 9.59 Å².